The third kappa shape index (κ3) is 9.20. The van der Waals surface area contributed by atoms with Gasteiger partial charge in [-0.25, -0.2) is 0 Å². The molecule has 17 atom stereocenters. The highest BCUT2D eigenvalue weighted by molar-refractivity contribution is 5.88. The Labute approximate surface area is 382 Å². The summed E-state index contributed by atoms with van der Waals surface area (Å²) >= 11 is 0. The highest BCUT2D eigenvalue weighted by atomic mass is 16.8. The van der Waals surface area contributed by atoms with E-state index < -0.39 is 153 Å². The van der Waals surface area contributed by atoms with Gasteiger partial charge in [-0.2, -0.15) is 0 Å². The van der Waals surface area contributed by atoms with Crippen molar-refractivity contribution >= 4 is 11.0 Å². The van der Waals surface area contributed by atoms with Crippen LogP contribution in [0.5, 0.6) is 40.2 Å². The molecule has 0 amide bonds. The molecule has 25 heteroatoms. The van der Waals surface area contributed by atoms with E-state index in [4.69, 9.17) is 47.0 Å². The van der Waals surface area contributed by atoms with Crippen molar-refractivity contribution < 1.29 is 119 Å². The van der Waals surface area contributed by atoms with Crippen LogP contribution in [0.25, 0.3) is 22.3 Å². The number of phenolic OH excluding ortho intramolecular Hbond substituents is 3. The molecule has 25 nitrogen and oxygen atoms in total. The van der Waals surface area contributed by atoms with Gasteiger partial charge in [0.1, 0.15) is 95.7 Å². The van der Waals surface area contributed by atoms with Crippen molar-refractivity contribution in [1.29, 1.82) is 0 Å². The zero-order chi connectivity index (χ0) is 48.9. The first-order valence-electron chi connectivity index (χ1n) is 21.0. The largest absolute Gasteiger partial charge is 0.508 e. The van der Waals surface area contributed by atoms with Crippen LogP contribution in [0, 0.1) is 0 Å². The summed E-state index contributed by atoms with van der Waals surface area (Å²) in [7, 11) is 1.31. The minimum atomic E-state index is -2.07. The number of aliphatic hydroxyl groups excluding tert-OH is 10. The van der Waals surface area contributed by atoms with Crippen LogP contribution < -0.4 is 19.6 Å². The quantitative estimate of drug-likeness (QED) is 0.0622. The SMILES string of the molecule is COc1cc([C@H]2Oc3cc(-c4oc5cc(O)cc(O)c5c(=O)c4O)ccc3O[C@@H]2CO[C@@H]2O[C@H](CO)[C@H](O)[C@H](O[C@H]3O[C@H](CO)[C@@H](O[C@H]4O[C@H](CO)[C@@H](O)[C@H](O)[C@H]4O)[C@H](O)[C@H]3O)[C@H]2O)ccc1O. The predicted molar refractivity (Wildman–Crippen MR) is 220 cm³/mol. The fourth-order valence-corrected chi connectivity index (χ4v) is 8.39. The second kappa shape index (κ2) is 20.0. The van der Waals surface area contributed by atoms with Gasteiger partial charge in [0.25, 0.3) is 0 Å². The lowest BCUT2D eigenvalue weighted by atomic mass is 9.96. The Bertz CT molecular complexity index is 2460. The molecule has 14 N–H and O–H groups in total. The minimum Gasteiger partial charge on any atom is -0.508 e. The van der Waals surface area contributed by atoms with E-state index in [1.807, 2.05) is 0 Å². The van der Waals surface area contributed by atoms with Gasteiger partial charge in [-0.05, 0) is 30.3 Å². The zero-order valence-corrected chi connectivity index (χ0v) is 35.5. The van der Waals surface area contributed by atoms with E-state index in [-0.39, 0.29) is 45.3 Å². The van der Waals surface area contributed by atoms with Crippen molar-refractivity contribution in [1.82, 2.24) is 0 Å². The van der Waals surface area contributed by atoms with Crippen molar-refractivity contribution in [3.8, 4) is 51.6 Å². The topological polar surface area (TPSA) is 397 Å². The number of rotatable bonds is 13. The molecule has 0 bridgehead atoms. The standard InChI is InChI=1S/C43H50O25/c1-59-20-6-14(2-4-17(20)48)37-26(61-19-5-3-15(7-21(19)62-37)38-32(54)30(52)27-18(49)8-16(47)9-22(27)63-38)13-60-41-36(58)40(29(51)24(11-45)64-41)68-43-35(57)33(55)39(25(12-46)66-43)67-42-34(56)31(53)28(50)23(10-44)65-42/h2-9,23-26,28-29,31,33-37,39-51,53-58H,10-13H2,1H3/t23-,24-,25-,26-,28-,29+,31+,33-,34-,35-,36-,37-,39-,40+,41-,42-,43-/m1/s1. The fraction of sp³-hybridized carbons (Fsp3) is 0.512. The molecule has 3 aromatic carbocycles. The molecule has 372 valence electrons. The van der Waals surface area contributed by atoms with E-state index in [2.05, 4.69) is 0 Å². The van der Waals surface area contributed by atoms with E-state index in [9.17, 15) is 76.3 Å². The van der Waals surface area contributed by atoms with Crippen molar-refractivity contribution in [2.45, 2.75) is 104 Å². The molecule has 0 spiro atoms. The summed E-state index contributed by atoms with van der Waals surface area (Å²) in [6, 6.07) is 10.4. The Morgan fingerprint density at radius 2 is 1.24 bits per heavy atom. The number of ether oxygens (including phenoxy) is 9. The number of hydrogen-bond acceptors (Lipinski definition) is 25. The third-order valence-corrected chi connectivity index (χ3v) is 12.0. The summed E-state index contributed by atoms with van der Waals surface area (Å²) in [5.41, 5.74) is -0.776. The monoisotopic (exact) mass is 966 g/mol. The first kappa shape index (κ1) is 49.3. The van der Waals surface area contributed by atoms with Crippen LogP contribution in [0.1, 0.15) is 11.7 Å². The normalized spacial score (nSPS) is 35.0. The van der Waals surface area contributed by atoms with Gasteiger partial charge >= 0.3 is 0 Å². The van der Waals surface area contributed by atoms with Crippen LogP contribution in [-0.2, 0) is 28.4 Å². The van der Waals surface area contributed by atoms with Gasteiger partial charge in [0, 0.05) is 23.3 Å². The molecule has 3 fully saturated rings. The lowest BCUT2D eigenvalue weighted by Gasteiger charge is -2.48. The first-order valence-corrected chi connectivity index (χ1v) is 21.0. The lowest BCUT2D eigenvalue weighted by Crippen LogP contribution is -2.66. The number of hydrogen-bond donors (Lipinski definition) is 14. The molecular weight excluding hydrogens is 916 g/mol. The highest BCUT2D eigenvalue weighted by Crippen LogP contribution is 2.45. The molecule has 0 radical (unpaired) electrons. The van der Waals surface area contributed by atoms with Crippen molar-refractivity contribution in [3.05, 3.63) is 64.3 Å². The number of aliphatic hydroxyl groups is 10. The molecule has 4 aliphatic rings. The molecule has 4 aliphatic heterocycles. The molecule has 5 heterocycles. The van der Waals surface area contributed by atoms with E-state index >= 15 is 0 Å². The summed E-state index contributed by atoms with van der Waals surface area (Å²) in [5, 5.41) is 147. The summed E-state index contributed by atoms with van der Waals surface area (Å²) in [6.45, 7) is -3.07. The summed E-state index contributed by atoms with van der Waals surface area (Å²) < 4.78 is 57.9. The molecule has 8 rings (SSSR count). The molecule has 4 aromatic rings. The summed E-state index contributed by atoms with van der Waals surface area (Å²) in [4.78, 5) is 13.1. The van der Waals surface area contributed by atoms with Gasteiger partial charge in [-0.1, -0.05) is 6.07 Å². The first-order chi connectivity index (χ1) is 32.5. The average Bonchev–Trinajstić information content (AvgIpc) is 3.32. The third-order valence-electron chi connectivity index (χ3n) is 12.0. The van der Waals surface area contributed by atoms with Crippen LogP contribution in [-0.4, -0.2) is 203 Å². The van der Waals surface area contributed by atoms with Crippen molar-refractivity contribution in [2.24, 2.45) is 0 Å². The number of methoxy groups -OCH3 is 1. The Morgan fingerprint density at radius 1 is 0.588 bits per heavy atom. The molecule has 0 unspecified atom stereocenters. The zero-order valence-electron chi connectivity index (χ0n) is 35.5. The number of phenols is 3. The summed E-state index contributed by atoms with van der Waals surface area (Å²) in [5.74, 6) is -2.30. The van der Waals surface area contributed by atoms with Gasteiger partial charge in [-0.3, -0.25) is 4.79 Å². The smallest absolute Gasteiger partial charge is 0.238 e. The van der Waals surface area contributed by atoms with E-state index in [1.54, 1.807) is 0 Å². The molecule has 3 saturated heterocycles. The van der Waals surface area contributed by atoms with Crippen molar-refractivity contribution in [3.63, 3.8) is 0 Å². The Hall–Kier alpha value is -5.17. The van der Waals surface area contributed by atoms with Crippen LogP contribution in [0.2, 0.25) is 0 Å². The van der Waals surface area contributed by atoms with Crippen LogP contribution in [0.15, 0.2) is 57.7 Å². The number of benzene rings is 3. The Kier molecular flexibility index (Phi) is 14.5. The van der Waals surface area contributed by atoms with Gasteiger partial charge < -0.3 is 119 Å². The van der Waals surface area contributed by atoms with Crippen molar-refractivity contribution in [2.75, 3.05) is 33.5 Å². The second-order valence-corrected chi connectivity index (χ2v) is 16.4. The maximum Gasteiger partial charge on any atom is 0.238 e. The molecular formula is C43H50O25. The van der Waals surface area contributed by atoms with Gasteiger partial charge in [0.05, 0.1) is 33.5 Å². The Balaban J connectivity index is 1.01. The Morgan fingerprint density at radius 3 is 1.93 bits per heavy atom. The molecule has 68 heavy (non-hydrogen) atoms. The van der Waals surface area contributed by atoms with E-state index in [1.165, 1.54) is 43.5 Å². The molecule has 1 aromatic heterocycles. The second-order valence-electron chi connectivity index (χ2n) is 16.4. The van der Waals surface area contributed by atoms with E-state index in [0.29, 0.717) is 5.56 Å². The molecule has 0 aliphatic carbocycles. The predicted octanol–water partition coefficient (Wildman–Crippen LogP) is -3.36. The van der Waals surface area contributed by atoms with Crippen LogP contribution >= 0.6 is 0 Å². The van der Waals surface area contributed by atoms with Crippen LogP contribution in [0.4, 0.5) is 0 Å². The highest BCUT2D eigenvalue weighted by Gasteiger charge is 2.54. The van der Waals surface area contributed by atoms with Gasteiger partial charge in [0.15, 0.2) is 59.8 Å². The minimum absolute atomic E-state index is 0.0396. The fourth-order valence-electron chi connectivity index (χ4n) is 8.39. The maximum atomic E-state index is 13.1. The van der Waals surface area contributed by atoms with Crippen LogP contribution in [0.3, 0.4) is 0 Å². The maximum absolute atomic E-state index is 13.1. The lowest BCUT2D eigenvalue weighted by molar-refractivity contribution is -0.380. The average molecular weight is 967 g/mol. The van der Waals surface area contributed by atoms with Gasteiger partial charge in [-0.15, -0.1) is 0 Å². The summed E-state index contributed by atoms with van der Waals surface area (Å²) in [6.07, 6.45) is -29.1. The number of aromatic hydroxyl groups is 4. The number of fused-ring (bicyclic) bond motifs is 2. The molecule has 0 saturated carbocycles. The van der Waals surface area contributed by atoms with Gasteiger partial charge in [0.2, 0.25) is 11.2 Å². The van der Waals surface area contributed by atoms with E-state index in [0.717, 1.165) is 12.1 Å².